The number of nitrogens with zero attached hydrogens (tertiary/aromatic N) is 1. The fourth-order valence-corrected chi connectivity index (χ4v) is 2.69. The Hall–Kier alpha value is -0.940. The average Bonchev–Trinajstić information content (AvgIpc) is 2.93. The van der Waals surface area contributed by atoms with Crippen LogP contribution in [0.5, 0.6) is 0 Å². The van der Waals surface area contributed by atoms with E-state index >= 15 is 0 Å². The van der Waals surface area contributed by atoms with Gasteiger partial charge in [0.25, 0.3) is 0 Å². The maximum absolute atomic E-state index is 5.99. The minimum Gasteiger partial charge on any atom is -0.350 e. The van der Waals surface area contributed by atoms with E-state index in [1.807, 2.05) is 0 Å². The molecule has 2 saturated heterocycles. The normalized spacial score (nSPS) is 28.6. The van der Waals surface area contributed by atoms with E-state index in [0.29, 0.717) is 6.10 Å². The van der Waals surface area contributed by atoms with Crippen LogP contribution in [0.4, 0.5) is 0 Å². The lowest BCUT2D eigenvalue weighted by molar-refractivity contribution is -0.199. The molecule has 0 aliphatic carbocycles. The molecule has 2 fully saturated rings. The van der Waals surface area contributed by atoms with Gasteiger partial charge in [0.15, 0.2) is 6.29 Å². The maximum Gasteiger partial charge on any atom is 0.170 e. The van der Waals surface area contributed by atoms with Crippen molar-refractivity contribution in [1.29, 1.82) is 0 Å². The molecular weight excluding hydrogens is 240 g/mol. The standard InChI is InChI=1S/C15H22N2O2/c1-2-4-13(5-3-1)11-17-8-9-18-15(12-17)19-14-6-7-16-10-14/h1-5,14-16H,6-12H2. The Kier molecular flexibility index (Phi) is 4.45. The van der Waals surface area contributed by atoms with Crippen molar-refractivity contribution in [2.24, 2.45) is 0 Å². The van der Waals surface area contributed by atoms with Crippen molar-refractivity contribution < 1.29 is 9.47 Å². The molecule has 0 radical (unpaired) electrons. The van der Waals surface area contributed by atoms with E-state index in [1.54, 1.807) is 0 Å². The zero-order chi connectivity index (χ0) is 12.9. The molecule has 2 unspecified atom stereocenters. The first-order chi connectivity index (χ1) is 9.40. The third-order valence-corrected chi connectivity index (χ3v) is 3.73. The molecule has 2 heterocycles. The molecule has 2 aliphatic heterocycles. The zero-order valence-electron chi connectivity index (χ0n) is 11.3. The molecular formula is C15H22N2O2. The summed E-state index contributed by atoms with van der Waals surface area (Å²) in [6.07, 6.45) is 1.35. The molecule has 3 rings (SSSR count). The lowest BCUT2D eigenvalue weighted by Crippen LogP contribution is -2.44. The van der Waals surface area contributed by atoms with Crippen LogP contribution in [-0.4, -0.2) is 50.1 Å². The van der Waals surface area contributed by atoms with Crippen molar-refractivity contribution in [1.82, 2.24) is 10.2 Å². The van der Waals surface area contributed by atoms with Crippen LogP contribution < -0.4 is 5.32 Å². The first kappa shape index (κ1) is 13.1. The summed E-state index contributed by atoms with van der Waals surface area (Å²) in [7, 11) is 0. The van der Waals surface area contributed by atoms with Gasteiger partial charge in [-0.15, -0.1) is 0 Å². The predicted molar refractivity (Wildman–Crippen MR) is 73.8 cm³/mol. The molecule has 4 nitrogen and oxygen atoms in total. The van der Waals surface area contributed by atoms with Crippen LogP contribution in [0.2, 0.25) is 0 Å². The molecule has 19 heavy (non-hydrogen) atoms. The Labute approximate surface area is 114 Å². The molecule has 1 N–H and O–H groups in total. The summed E-state index contributed by atoms with van der Waals surface area (Å²) in [6.45, 7) is 5.61. The van der Waals surface area contributed by atoms with E-state index in [1.165, 1.54) is 5.56 Å². The van der Waals surface area contributed by atoms with Crippen LogP contribution >= 0.6 is 0 Å². The van der Waals surface area contributed by atoms with Crippen molar-refractivity contribution in [3.63, 3.8) is 0 Å². The Morgan fingerprint density at radius 2 is 2.21 bits per heavy atom. The van der Waals surface area contributed by atoms with Gasteiger partial charge in [0.2, 0.25) is 0 Å². The number of benzene rings is 1. The van der Waals surface area contributed by atoms with E-state index in [0.717, 1.165) is 45.8 Å². The second-order valence-electron chi connectivity index (χ2n) is 5.27. The topological polar surface area (TPSA) is 33.7 Å². The van der Waals surface area contributed by atoms with Crippen molar-refractivity contribution in [3.8, 4) is 0 Å². The van der Waals surface area contributed by atoms with E-state index in [-0.39, 0.29) is 6.29 Å². The quantitative estimate of drug-likeness (QED) is 0.885. The number of hydrogen-bond acceptors (Lipinski definition) is 4. The molecule has 0 bridgehead atoms. The Morgan fingerprint density at radius 1 is 1.32 bits per heavy atom. The summed E-state index contributed by atoms with van der Waals surface area (Å²) < 4.78 is 11.7. The predicted octanol–water partition coefficient (Wildman–Crippen LogP) is 1.22. The number of rotatable bonds is 4. The van der Waals surface area contributed by atoms with Gasteiger partial charge in [-0.3, -0.25) is 4.90 Å². The first-order valence-corrected chi connectivity index (χ1v) is 7.14. The van der Waals surface area contributed by atoms with Gasteiger partial charge < -0.3 is 14.8 Å². The fourth-order valence-electron chi connectivity index (χ4n) is 2.69. The smallest absolute Gasteiger partial charge is 0.170 e. The monoisotopic (exact) mass is 262 g/mol. The number of hydrogen-bond donors (Lipinski definition) is 1. The number of nitrogens with one attached hydrogen (secondary N) is 1. The van der Waals surface area contributed by atoms with Gasteiger partial charge in [-0.2, -0.15) is 0 Å². The third kappa shape index (κ3) is 3.76. The van der Waals surface area contributed by atoms with Gasteiger partial charge in [0.1, 0.15) is 0 Å². The van der Waals surface area contributed by atoms with Crippen molar-refractivity contribution in [2.45, 2.75) is 25.4 Å². The van der Waals surface area contributed by atoms with Crippen LogP contribution in [0, 0.1) is 0 Å². The zero-order valence-corrected chi connectivity index (χ0v) is 11.3. The van der Waals surface area contributed by atoms with Crippen LogP contribution in [0.25, 0.3) is 0 Å². The molecule has 2 atom stereocenters. The molecule has 2 aliphatic rings. The van der Waals surface area contributed by atoms with Crippen LogP contribution in [0.1, 0.15) is 12.0 Å². The average molecular weight is 262 g/mol. The second kappa shape index (κ2) is 6.48. The third-order valence-electron chi connectivity index (χ3n) is 3.73. The van der Waals surface area contributed by atoms with Crippen molar-refractivity contribution >= 4 is 0 Å². The molecule has 4 heteroatoms. The largest absolute Gasteiger partial charge is 0.350 e. The Bertz CT molecular complexity index is 379. The number of ether oxygens (including phenoxy) is 2. The highest BCUT2D eigenvalue weighted by atomic mass is 16.7. The highest BCUT2D eigenvalue weighted by Crippen LogP contribution is 2.14. The second-order valence-corrected chi connectivity index (χ2v) is 5.27. The maximum atomic E-state index is 5.99. The summed E-state index contributed by atoms with van der Waals surface area (Å²) in [5.41, 5.74) is 1.35. The number of morpholine rings is 1. The van der Waals surface area contributed by atoms with Crippen LogP contribution in [0.15, 0.2) is 30.3 Å². The van der Waals surface area contributed by atoms with E-state index in [9.17, 15) is 0 Å². The van der Waals surface area contributed by atoms with Crippen molar-refractivity contribution in [3.05, 3.63) is 35.9 Å². The SMILES string of the molecule is c1ccc(CN2CCOC(OC3CCNC3)C2)cc1. The summed E-state index contributed by atoms with van der Waals surface area (Å²) in [5, 5.41) is 3.32. The van der Waals surface area contributed by atoms with Gasteiger partial charge in [-0.25, -0.2) is 0 Å². The van der Waals surface area contributed by atoms with Crippen molar-refractivity contribution in [2.75, 3.05) is 32.8 Å². The summed E-state index contributed by atoms with van der Waals surface area (Å²) in [5.74, 6) is 0. The molecule has 0 spiro atoms. The lowest BCUT2D eigenvalue weighted by atomic mass is 10.2. The molecule has 104 valence electrons. The van der Waals surface area contributed by atoms with Gasteiger partial charge in [-0.05, 0) is 18.5 Å². The molecule has 1 aromatic rings. The summed E-state index contributed by atoms with van der Waals surface area (Å²) >= 11 is 0. The Morgan fingerprint density at radius 3 is 3.00 bits per heavy atom. The van der Waals surface area contributed by atoms with Crippen LogP contribution in [0.3, 0.4) is 0 Å². The van der Waals surface area contributed by atoms with Crippen LogP contribution in [-0.2, 0) is 16.0 Å². The van der Waals surface area contributed by atoms with Gasteiger partial charge >= 0.3 is 0 Å². The summed E-state index contributed by atoms with van der Waals surface area (Å²) in [6, 6.07) is 10.6. The van der Waals surface area contributed by atoms with E-state index < -0.39 is 0 Å². The fraction of sp³-hybridized carbons (Fsp3) is 0.600. The highest BCUT2D eigenvalue weighted by molar-refractivity contribution is 5.14. The minimum absolute atomic E-state index is 0.0673. The van der Waals surface area contributed by atoms with Gasteiger partial charge in [0.05, 0.1) is 12.7 Å². The first-order valence-electron chi connectivity index (χ1n) is 7.14. The minimum atomic E-state index is -0.0673. The Balaban J connectivity index is 1.50. The molecule has 0 saturated carbocycles. The van der Waals surface area contributed by atoms with E-state index in [2.05, 4.69) is 40.5 Å². The molecule has 0 amide bonds. The highest BCUT2D eigenvalue weighted by Gasteiger charge is 2.25. The van der Waals surface area contributed by atoms with Gasteiger partial charge in [0, 0.05) is 26.2 Å². The lowest BCUT2D eigenvalue weighted by Gasteiger charge is -2.33. The summed E-state index contributed by atoms with van der Waals surface area (Å²) in [4.78, 5) is 2.41. The van der Waals surface area contributed by atoms with E-state index in [4.69, 9.17) is 9.47 Å². The van der Waals surface area contributed by atoms with Gasteiger partial charge in [-0.1, -0.05) is 30.3 Å². The molecule has 1 aromatic carbocycles. The molecule has 0 aromatic heterocycles.